The number of carbonyl (C=O) groups excluding carboxylic acids is 1. The van der Waals surface area contributed by atoms with Crippen LogP contribution in [0.1, 0.15) is 37.8 Å². The van der Waals surface area contributed by atoms with Crippen LogP contribution in [0.4, 0.5) is 0 Å². The molecule has 0 spiro atoms. The summed E-state index contributed by atoms with van der Waals surface area (Å²) in [7, 11) is 1.63. The average Bonchev–Trinajstić information content (AvgIpc) is 2.39. The summed E-state index contributed by atoms with van der Waals surface area (Å²) in [5.41, 5.74) is 6.44. The minimum atomic E-state index is -0.00882. The summed E-state index contributed by atoms with van der Waals surface area (Å²) in [6, 6.07) is 7.72. The fourth-order valence-corrected chi connectivity index (χ4v) is 1.74. The Hall–Kier alpha value is -1.55. The molecule has 1 amide bonds. The van der Waals surface area contributed by atoms with Crippen LogP contribution in [0.2, 0.25) is 0 Å². The monoisotopic (exact) mass is 250 g/mol. The third-order valence-corrected chi connectivity index (χ3v) is 2.83. The molecule has 100 valence electrons. The quantitative estimate of drug-likeness (QED) is 0.727. The lowest BCUT2D eigenvalue weighted by Gasteiger charge is -2.15. The number of rotatable bonds is 7. The first-order chi connectivity index (χ1) is 8.67. The van der Waals surface area contributed by atoms with Gasteiger partial charge in [0, 0.05) is 6.42 Å². The number of nitrogens with two attached hydrogens (primary N) is 1. The fourth-order valence-electron chi connectivity index (χ4n) is 1.74. The van der Waals surface area contributed by atoms with Gasteiger partial charge in [0.25, 0.3) is 0 Å². The van der Waals surface area contributed by atoms with E-state index in [0.717, 1.165) is 24.2 Å². The van der Waals surface area contributed by atoms with Crippen LogP contribution in [0.3, 0.4) is 0 Å². The molecule has 0 heterocycles. The first-order valence-electron chi connectivity index (χ1n) is 6.30. The standard InChI is InChI=1S/C14H22N2O2/c1-11(16-14(17)8-3-4-9-15)12-6-5-7-13(10-12)18-2/h5-7,10-11H,3-4,8-9,15H2,1-2H3,(H,16,17)/t11-/m1/s1. The van der Waals surface area contributed by atoms with Gasteiger partial charge in [0.05, 0.1) is 13.2 Å². The van der Waals surface area contributed by atoms with Gasteiger partial charge in [-0.15, -0.1) is 0 Å². The molecule has 0 aliphatic carbocycles. The van der Waals surface area contributed by atoms with Gasteiger partial charge in [0.1, 0.15) is 5.75 Å². The zero-order valence-corrected chi connectivity index (χ0v) is 11.1. The first kappa shape index (κ1) is 14.5. The summed E-state index contributed by atoms with van der Waals surface area (Å²) in [5.74, 6) is 0.871. The molecule has 1 rings (SSSR count). The smallest absolute Gasteiger partial charge is 0.220 e. The molecular formula is C14H22N2O2. The van der Waals surface area contributed by atoms with E-state index >= 15 is 0 Å². The Morgan fingerprint density at radius 3 is 2.89 bits per heavy atom. The molecule has 0 saturated carbocycles. The van der Waals surface area contributed by atoms with Crippen molar-refractivity contribution < 1.29 is 9.53 Å². The number of amides is 1. The maximum absolute atomic E-state index is 11.7. The van der Waals surface area contributed by atoms with E-state index in [0.29, 0.717) is 13.0 Å². The lowest BCUT2D eigenvalue weighted by molar-refractivity contribution is -0.121. The molecule has 1 aromatic rings. The maximum Gasteiger partial charge on any atom is 0.220 e. The summed E-state index contributed by atoms with van der Waals surface area (Å²) in [6.45, 7) is 2.61. The van der Waals surface area contributed by atoms with Crippen LogP contribution >= 0.6 is 0 Å². The van der Waals surface area contributed by atoms with Gasteiger partial charge < -0.3 is 15.8 Å². The van der Waals surface area contributed by atoms with Crippen molar-refractivity contribution in [2.75, 3.05) is 13.7 Å². The van der Waals surface area contributed by atoms with Crippen molar-refractivity contribution in [1.29, 1.82) is 0 Å². The third kappa shape index (κ3) is 4.75. The van der Waals surface area contributed by atoms with Gasteiger partial charge in [-0.25, -0.2) is 0 Å². The molecule has 0 saturated heterocycles. The zero-order chi connectivity index (χ0) is 13.4. The SMILES string of the molecule is COc1cccc([C@@H](C)NC(=O)CCCCN)c1. The molecule has 18 heavy (non-hydrogen) atoms. The van der Waals surface area contributed by atoms with Crippen LogP contribution in [-0.2, 0) is 4.79 Å². The van der Waals surface area contributed by atoms with E-state index in [9.17, 15) is 4.79 Å². The van der Waals surface area contributed by atoms with Gasteiger partial charge in [-0.1, -0.05) is 12.1 Å². The molecule has 0 aliphatic heterocycles. The highest BCUT2D eigenvalue weighted by Crippen LogP contribution is 2.18. The average molecular weight is 250 g/mol. The topological polar surface area (TPSA) is 64.3 Å². The van der Waals surface area contributed by atoms with E-state index in [-0.39, 0.29) is 11.9 Å². The van der Waals surface area contributed by atoms with Crippen molar-refractivity contribution in [2.45, 2.75) is 32.2 Å². The molecule has 0 radical (unpaired) electrons. The van der Waals surface area contributed by atoms with Crippen molar-refractivity contribution in [3.05, 3.63) is 29.8 Å². The zero-order valence-electron chi connectivity index (χ0n) is 11.1. The summed E-state index contributed by atoms with van der Waals surface area (Å²) >= 11 is 0. The molecule has 0 aromatic heterocycles. The lowest BCUT2D eigenvalue weighted by atomic mass is 10.1. The van der Waals surface area contributed by atoms with E-state index < -0.39 is 0 Å². The number of hydrogen-bond donors (Lipinski definition) is 2. The van der Waals surface area contributed by atoms with Crippen molar-refractivity contribution in [1.82, 2.24) is 5.32 Å². The van der Waals surface area contributed by atoms with Crippen molar-refractivity contribution in [2.24, 2.45) is 5.73 Å². The number of hydrogen-bond acceptors (Lipinski definition) is 3. The molecule has 1 aromatic carbocycles. The number of benzene rings is 1. The summed E-state index contributed by atoms with van der Waals surface area (Å²) in [6.07, 6.45) is 2.26. The Morgan fingerprint density at radius 2 is 2.22 bits per heavy atom. The van der Waals surface area contributed by atoms with Crippen LogP contribution < -0.4 is 15.8 Å². The van der Waals surface area contributed by atoms with E-state index in [4.69, 9.17) is 10.5 Å². The molecule has 0 fully saturated rings. The highest BCUT2D eigenvalue weighted by molar-refractivity contribution is 5.76. The predicted octanol–water partition coefficient (Wildman–Crippen LogP) is 2.00. The molecule has 4 nitrogen and oxygen atoms in total. The lowest BCUT2D eigenvalue weighted by Crippen LogP contribution is -2.26. The second-order valence-electron chi connectivity index (χ2n) is 4.31. The first-order valence-corrected chi connectivity index (χ1v) is 6.30. The van der Waals surface area contributed by atoms with Gasteiger partial charge in [0.15, 0.2) is 0 Å². The molecule has 0 bridgehead atoms. The van der Waals surface area contributed by atoms with Crippen LogP contribution in [0.25, 0.3) is 0 Å². The minimum Gasteiger partial charge on any atom is -0.497 e. The molecule has 3 N–H and O–H groups in total. The van der Waals surface area contributed by atoms with Crippen molar-refractivity contribution >= 4 is 5.91 Å². The Bertz CT molecular complexity index is 380. The molecule has 0 unspecified atom stereocenters. The highest BCUT2D eigenvalue weighted by atomic mass is 16.5. The van der Waals surface area contributed by atoms with E-state index in [1.54, 1.807) is 7.11 Å². The van der Waals surface area contributed by atoms with Crippen LogP contribution in [0.5, 0.6) is 5.75 Å². The maximum atomic E-state index is 11.7. The third-order valence-electron chi connectivity index (χ3n) is 2.83. The van der Waals surface area contributed by atoms with Crippen LogP contribution in [0, 0.1) is 0 Å². The summed E-state index contributed by atoms with van der Waals surface area (Å²) in [4.78, 5) is 11.7. The number of nitrogens with one attached hydrogen (secondary N) is 1. The van der Waals surface area contributed by atoms with Gasteiger partial charge >= 0.3 is 0 Å². The number of carbonyl (C=O) groups is 1. The van der Waals surface area contributed by atoms with Crippen molar-refractivity contribution in [3.8, 4) is 5.75 Å². The number of unbranched alkanes of at least 4 members (excludes halogenated alkanes) is 1. The number of methoxy groups -OCH3 is 1. The minimum absolute atomic E-state index is 0.00882. The number of ether oxygens (including phenoxy) is 1. The Kier molecular flexibility index (Phi) is 6.22. The van der Waals surface area contributed by atoms with E-state index in [2.05, 4.69) is 5.32 Å². The van der Waals surface area contributed by atoms with Crippen LogP contribution in [0.15, 0.2) is 24.3 Å². The largest absolute Gasteiger partial charge is 0.497 e. The van der Waals surface area contributed by atoms with E-state index in [1.807, 2.05) is 31.2 Å². The second-order valence-corrected chi connectivity index (χ2v) is 4.31. The van der Waals surface area contributed by atoms with Crippen molar-refractivity contribution in [3.63, 3.8) is 0 Å². The Morgan fingerprint density at radius 1 is 1.44 bits per heavy atom. The molecular weight excluding hydrogens is 228 g/mol. The van der Waals surface area contributed by atoms with E-state index in [1.165, 1.54) is 0 Å². The van der Waals surface area contributed by atoms with Gasteiger partial charge in [-0.3, -0.25) is 4.79 Å². The summed E-state index contributed by atoms with van der Waals surface area (Å²) in [5, 5.41) is 2.97. The molecule has 0 aliphatic rings. The summed E-state index contributed by atoms with van der Waals surface area (Å²) < 4.78 is 5.16. The normalized spacial score (nSPS) is 11.9. The second kappa shape index (κ2) is 7.71. The van der Waals surface area contributed by atoms with Gasteiger partial charge in [-0.2, -0.15) is 0 Å². The molecule has 1 atom stereocenters. The molecule has 4 heteroatoms. The fraction of sp³-hybridized carbons (Fsp3) is 0.500. The predicted molar refractivity (Wildman–Crippen MR) is 72.5 cm³/mol. The Balaban J connectivity index is 2.48. The van der Waals surface area contributed by atoms with Gasteiger partial charge in [-0.05, 0) is 44.0 Å². The highest BCUT2D eigenvalue weighted by Gasteiger charge is 2.09. The Labute approximate surface area is 109 Å². The van der Waals surface area contributed by atoms with Crippen LogP contribution in [-0.4, -0.2) is 19.6 Å². The van der Waals surface area contributed by atoms with Gasteiger partial charge in [0.2, 0.25) is 5.91 Å².